The van der Waals surface area contributed by atoms with Crippen molar-refractivity contribution in [3.8, 4) is 22.6 Å². The molecule has 0 radical (unpaired) electrons. The molecule has 0 bridgehead atoms. The van der Waals surface area contributed by atoms with Crippen molar-refractivity contribution < 1.29 is 9.47 Å². The Morgan fingerprint density at radius 2 is 1.09 bits per heavy atom. The first-order valence-electron chi connectivity index (χ1n) is 15.1. The summed E-state index contributed by atoms with van der Waals surface area (Å²) in [5.41, 5.74) is 7.52. The van der Waals surface area contributed by atoms with Crippen molar-refractivity contribution >= 4 is 45.1 Å². The van der Waals surface area contributed by atoms with Crippen LogP contribution in [-0.2, 0) is 5.41 Å². The monoisotopic (exact) mass is 594 g/mol. The Morgan fingerprint density at radius 1 is 0.605 bits per heavy atom. The molecule has 3 aliphatic rings. The van der Waals surface area contributed by atoms with Crippen molar-refractivity contribution in [3.05, 3.63) is 144 Å². The number of hydrogen-bond donors (Lipinski definition) is 0. The van der Waals surface area contributed by atoms with E-state index in [0.29, 0.717) is 5.25 Å². The van der Waals surface area contributed by atoms with E-state index in [1.807, 2.05) is 23.5 Å². The molecule has 0 amide bonds. The van der Waals surface area contributed by atoms with Gasteiger partial charge in [0.15, 0.2) is 0 Å². The van der Waals surface area contributed by atoms with Crippen LogP contribution in [-0.4, -0.2) is 28.8 Å². The maximum Gasteiger partial charge on any atom is 0.145 e. The molecule has 2 saturated heterocycles. The third-order valence-corrected chi connectivity index (χ3v) is 11.3. The zero-order valence-electron chi connectivity index (χ0n) is 23.7. The highest BCUT2D eigenvalue weighted by molar-refractivity contribution is 8.06. The Kier molecular flexibility index (Phi) is 6.02. The molecule has 0 N–H and O–H groups in total. The van der Waals surface area contributed by atoms with Crippen molar-refractivity contribution in [1.82, 2.24) is 0 Å². The van der Waals surface area contributed by atoms with Gasteiger partial charge in [0.25, 0.3) is 0 Å². The highest BCUT2D eigenvalue weighted by atomic mass is 32.2. The van der Waals surface area contributed by atoms with E-state index in [9.17, 15) is 0 Å². The van der Waals surface area contributed by atoms with Crippen LogP contribution < -0.4 is 9.47 Å². The first-order valence-corrected chi connectivity index (χ1v) is 17.2. The lowest BCUT2D eigenvalue weighted by atomic mass is 9.67. The van der Waals surface area contributed by atoms with Crippen LogP contribution in [0.2, 0.25) is 0 Å². The second-order valence-corrected chi connectivity index (χ2v) is 14.4. The zero-order chi connectivity index (χ0) is 28.4. The highest BCUT2D eigenvalue weighted by Gasteiger charge is 2.46. The van der Waals surface area contributed by atoms with E-state index in [0.717, 1.165) is 24.5 Å². The summed E-state index contributed by atoms with van der Waals surface area (Å²) < 4.78 is 12.4. The molecule has 2 fully saturated rings. The van der Waals surface area contributed by atoms with Gasteiger partial charge in [-0.25, -0.2) is 0 Å². The number of hydrogen-bond acceptors (Lipinski definition) is 4. The lowest BCUT2D eigenvalue weighted by Crippen LogP contribution is -2.28. The average molecular weight is 595 g/mol. The van der Waals surface area contributed by atoms with E-state index < -0.39 is 5.41 Å². The Hall–Kier alpha value is -3.86. The van der Waals surface area contributed by atoms with Gasteiger partial charge in [0.1, 0.15) is 23.5 Å². The molecular formula is C39H30O2S2. The molecule has 2 aliphatic heterocycles. The number of thioether (sulfide) groups is 2. The number of benzene rings is 6. The van der Waals surface area contributed by atoms with E-state index in [1.54, 1.807) is 0 Å². The Balaban J connectivity index is 1.30. The minimum atomic E-state index is -0.493. The van der Waals surface area contributed by atoms with Gasteiger partial charge in [-0.2, -0.15) is 11.8 Å². The lowest BCUT2D eigenvalue weighted by Gasteiger charge is -2.34. The molecule has 43 heavy (non-hydrogen) atoms. The van der Waals surface area contributed by atoms with E-state index in [4.69, 9.17) is 9.47 Å². The molecule has 2 atom stereocenters. The van der Waals surface area contributed by atoms with Gasteiger partial charge in [0.2, 0.25) is 0 Å². The summed E-state index contributed by atoms with van der Waals surface area (Å²) in [6.45, 7) is 0.777. The molecule has 9 rings (SSSR count). The highest BCUT2D eigenvalue weighted by Crippen LogP contribution is 2.58. The summed E-state index contributed by atoms with van der Waals surface area (Å²) in [5, 5.41) is 5.68. The molecule has 6 aromatic carbocycles. The average Bonchev–Trinajstić information content (AvgIpc) is 3.83. The van der Waals surface area contributed by atoms with Crippen molar-refractivity contribution in [2.24, 2.45) is 0 Å². The van der Waals surface area contributed by atoms with Crippen LogP contribution in [0.1, 0.15) is 28.7 Å². The van der Waals surface area contributed by atoms with Crippen LogP contribution in [0.25, 0.3) is 32.7 Å². The minimum absolute atomic E-state index is 0.270. The van der Waals surface area contributed by atoms with E-state index >= 15 is 0 Å². The largest absolute Gasteiger partial charge is 0.492 e. The van der Waals surface area contributed by atoms with Gasteiger partial charge in [-0.3, -0.25) is 0 Å². The summed E-state index contributed by atoms with van der Waals surface area (Å²) in [7, 11) is 0. The van der Waals surface area contributed by atoms with Crippen LogP contribution in [0, 0.1) is 0 Å². The third-order valence-electron chi connectivity index (χ3n) is 9.21. The molecule has 210 valence electrons. The number of ether oxygens (including phenoxy) is 2. The van der Waals surface area contributed by atoms with Crippen LogP contribution in [0.15, 0.2) is 121 Å². The molecule has 4 heteroatoms. The Morgan fingerprint density at radius 3 is 1.56 bits per heavy atom. The van der Waals surface area contributed by atoms with Gasteiger partial charge in [0, 0.05) is 23.2 Å². The predicted octanol–water partition coefficient (Wildman–Crippen LogP) is 9.69. The van der Waals surface area contributed by atoms with Crippen molar-refractivity contribution in [3.63, 3.8) is 0 Å². The normalized spacial score (nSPS) is 19.4. The fourth-order valence-electron chi connectivity index (χ4n) is 6.88. The Bertz CT molecular complexity index is 1900. The van der Waals surface area contributed by atoms with Gasteiger partial charge < -0.3 is 9.47 Å². The fourth-order valence-corrected chi connectivity index (χ4v) is 7.88. The first-order chi connectivity index (χ1) is 21.3. The van der Waals surface area contributed by atoms with Crippen molar-refractivity contribution in [2.45, 2.75) is 22.5 Å². The smallest absolute Gasteiger partial charge is 0.145 e. The second kappa shape index (κ2) is 10.1. The third kappa shape index (κ3) is 4.26. The quantitative estimate of drug-likeness (QED) is 0.171. The summed E-state index contributed by atoms with van der Waals surface area (Å²) in [5.74, 6) is 4.26. The topological polar surface area (TPSA) is 18.5 Å². The standard InChI is InChI=1S/C39H30O2S2/c1-3-7-27-21-36-34(19-25(27)5-1)35-20-26-6-2-4-8-28(26)22-37(35)39(36,29-9-13-31(14-10-29)40-23-33-24-43-33)30-11-15-32(16-12-30)41-38-17-18-42-38/h1-16,19-22,33,38H,17-18,23-24H2. The fraction of sp³-hybridized carbons (Fsp3) is 0.179. The molecule has 2 unspecified atom stereocenters. The molecule has 0 spiro atoms. The lowest BCUT2D eigenvalue weighted by molar-refractivity contribution is 0.271. The van der Waals surface area contributed by atoms with Gasteiger partial charge in [-0.15, -0.1) is 11.8 Å². The number of rotatable bonds is 7. The van der Waals surface area contributed by atoms with E-state index in [1.165, 1.54) is 66.4 Å². The molecule has 0 aromatic heterocycles. The first kappa shape index (κ1) is 25.6. The zero-order valence-corrected chi connectivity index (χ0v) is 25.3. The number of fused-ring (bicyclic) bond motifs is 5. The molecule has 0 saturated carbocycles. The Labute approximate surface area is 260 Å². The van der Waals surface area contributed by atoms with Gasteiger partial charge in [0.05, 0.1) is 5.41 Å². The summed E-state index contributed by atoms with van der Waals surface area (Å²) in [6.07, 6.45) is 1.12. The molecule has 2 nitrogen and oxygen atoms in total. The van der Waals surface area contributed by atoms with Crippen molar-refractivity contribution in [1.29, 1.82) is 0 Å². The van der Waals surface area contributed by atoms with Gasteiger partial charge in [-0.1, -0.05) is 72.8 Å². The van der Waals surface area contributed by atoms with Gasteiger partial charge >= 0.3 is 0 Å². The van der Waals surface area contributed by atoms with Crippen LogP contribution in [0.5, 0.6) is 11.5 Å². The molecule has 6 aromatic rings. The van der Waals surface area contributed by atoms with Crippen LogP contribution in [0.4, 0.5) is 0 Å². The summed E-state index contributed by atoms with van der Waals surface area (Å²) >= 11 is 3.85. The minimum Gasteiger partial charge on any atom is -0.492 e. The van der Waals surface area contributed by atoms with Crippen LogP contribution >= 0.6 is 23.5 Å². The maximum absolute atomic E-state index is 6.27. The molecule has 1 aliphatic carbocycles. The molecular weight excluding hydrogens is 565 g/mol. The van der Waals surface area contributed by atoms with Gasteiger partial charge in [-0.05, 0) is 103 Å². The summed E-state index contributed by atoms with van der Waals surface area (Å²) in [6, 6.07) is 44.9. The van der Waals surface area contributed by atoms with E-state index in [2.05, 4.69) is 121 Å². The van der Waals surface area contributed by atoms with Crippen LogP contribution in [0.3, 0.4) is 0 Å². The molecule has 2 heterocycles. The predicted molar refractivity (Wildman–Crippen MR) is 182 cm³/mol. The maximum atomic E-state index is 6.27. The van der Waals surface area contributed by atoms with Crippen molar-refractivity contribution in [2.75, 3.05) is 18.1 Å². The summed E-state index contributed by atoms with van der Waals surface area (Å²) in [4.78, 5) is 0. The SMILES string of the molecule is c1ccc2cc3c(cc2c1)-c1cc2ccccc2cc1C3(c1ccc(OCC2CS2)cc1)c1ccc(OC2CCS2)cc1. The van der Waals surface area contributed by atoms with E-state index in [-0.39, 0.29) is 5.44 Å². The second-order valence-electron chi connectivity index (χ2n) is 11.8.